The lowest BCUT2D eigenvalue weighted by Crippen LogP contribution is -3.10. The van der Waals surface area contributed by atoms with Crippen molar-refractivity contribution in [2.45, 2.75) is 26.4 Å². The van der Waals surface area contributed by atoms with Gasteiger partial charge < -0.3 is 14.2 Å². The summed E-state index contributed by atoms with van der Waals surface area (Å²) in [6, 6.07) is 8.94. The lowest BCUT2D eigenvalue weighted by Gasteiger charge is -2.19. The molecule has 4 nitrogen and oxygen atoms in total. The lowest BCUT2D eigenvalue weighted by atomic mass is 10.1. The van der Waals surface area contributed by atoms with Gasteiger partial charge in [0.2, 0.25) is 0 Å². The summed E-state index contributed by atoms with van der Waals surface area (Å²) >= 11 is 0. The third kappa shape index (κ3) is 2.33. The van der Waals surface area contributed by atoms with Crippen molar-refractivity contribution in [2.75, 3.05) is 21.2 Å². The average molecular weight is 298 g/mol. The number of ether oxygens (including phenoxy) is 1. The molecule has 1 unspecified atom stereocenters. The quantitative estimate of drug-likeness (QED) is 0.799. The van der Waals surface area contributed by atoms with Crippen LogP contribution < -0.4 is 9.64 Å². The van der Waals surface area contributed by atoms with Crippen LogP contribution in [0.2, 0.25) is 0 Å². The van der Waals surface area contributed by atoms with Crippen LogP contribution in [0.15, 0.2) is 30.5 Å². The fraction of sp³-hybridized carbons (Fsp3) is 0.389. The Hall–Kier alpha value is -2.07. The number of nitrogens with zero attached hydrogens (tertiary/aromatic N) is 2. The number of aromatic nitrogens is 2. The minimum atomic E-state index is 0.518. The van der Waals surface area contributed by atoms with Gasteiger partial charge in [-0.2, -0.15) is 0 Å². The fourth-order valence-corrected chi connectivity index (χ4v) is 2.97. The number of quaternary nitrogens is 1. The number of pyridine rings is 1. The van der Waals surface area contributed by atoms with Crippen LogP contribution in [0.25, 0.3) is 21.8 Å². The van der Waals surface area contributed by atoms with E-state index in [9.17, 15) is 0 Å². The maximum atomic E-state index is 5.42. The van der Waals surface area contributed by atoms with E-state index in [1.54, 1.807) is 7.11 Å². The van der Waals surface area contributed by atoms with E-state index >= 15 is 0 Å². The summed E-state index contributed by atoms with van der Waals surface area (Å²) in [6.07, 6.45) is 1.90. The van der Waals surface area contributed by atoms with E-state index in [1.165, 1.54) is 26.7 Å². The van der Waals surface area contributed by atoms with Crippen molar-refractivity contribution in [2.24, 2.45) is 0 Å². The molecule has 0 radical (unpaired) electrons. The first-order valence-corrected chi connectivity index (χ1v) is 7.74. The Balaban J connectivity index is 2.32. The second-order valence-corrected chi connectivity index (χ2v) is 6.26. The predicted molar refractivity (Wildman–Crippen MR) is 90.8 cm³/mol. The van der Waals surface area contributed by atoms with Gasteiger partial charge in [-0.05, 0) is 32.0 Å². The van der Waals surface area contributed by atoms with Gasteiger partial charge in [0, 0.05) is 23.0 Å². The highest BCUT2D eigenvalue weighted by molar-refractivity contribution is 6.09. The van der Waals surface area contributed by atoms with Crippen molar-refractivity contribution in [1.82, 2.24) is 9.55 Å². The Morgan fingerprint density at radius 1 is 1.23 bits per heavy atom. The van der Waals surface area contributed by atoms with E-state index in [2.05, 4.69) is 55.7 Å². The molecule has 3 aromatic rings. The van der Waals surface area contributed by atoms with Crippen molar-refractivity contribution in [3.05, 3.63) is 36.2 Å². The minimum Gasteiger partial charge on any atom is -0.497 e. The van der Waals surface area contributed by atoms with Crippen molar-refractivity contribution in [3.8, 4) is 5.75 Å². The number of likely N-dealkylation sites (N-methyl/N-ethyl adjacent to an activating group) is 1. The Morgan fingerprint density at radius 3 is 2.68 bits per heavy atom. The smallest absolute Gasteiger partial charge is 0.120 e. The molecular formula is C18H24N3O+. The number of nitrogens with one attached hydrogen (secondary N) is 1. The summed E-state index contributed by atoms with van der Waals surface area (Å²) in [4.78, 5) is 5.94. The molecule has 116 valence electrons. The van der Waals surface area contributed by atoms with Crippen molar-refractivity contribution >= 4 is 21.8 Å². The molecule has 0 aliphatic heterocycles. The predicted octanol–water partition coefficient (Wildman–Crippen LogP) is 2.04. The summed E-state index contributed by atoms with van der Waals surface area (Å²) in [5.74, 6) is 0.895. The molecule has 0 aliphatic carbocycles. The highest BCUT2D eigenvalue weighted by Gasteiger charge is 2.17. The number of fused-ring (bicyclic) bond motifs is 3. The van der Waals surface area contributed by atoms with E-state index < -0.39 is 0 Å². The van der Waals surface area contributed by atoms with Crippen LogP contribution >= 0.6 is 0 Å². The topological polar surface area (TPSA) is 31.5 Å². The second kappa shape index (κ2) is 5.61. The van der Waals surface area contributed by atoms with Gasteiger partial charge in [-0.25, -0.2) is 0 Å². The lowest BCUT2D eigenvalue weighted by molar-refractivity contribution is -0.884. The maximum absolute atomic E-state index is 5.42. The van der Waals surface area contributed by atoms with E-state index in [4.69, 9.17) is 4.74 Å². The van der Waals surface area contributed by atoms with Gasteiger partial charge in [0.05, 0.1) is 44.5 Å². The molecule has 1 N–H and O–H groups in total. The van der Waals surface area contributed by atoms with Gasteiger partial charge in [0.15, 0.2) is 0 Å². The molecule has 2 aromatic heterocycles. The highest BCUT2D eigenvalue weighted by atomic mass is 16.5. The van der Waals surface area contributed by atoms with Gasteiger partial charge >= 0.3 is 0 Å². The van der Waals surface area contributed by atoms with Gasteiger partial charge in [-0.3, -0.25) is 4.98 Å². The molecule has 22 heavy (non-hydrogen) atoms. The zero-order chi connectivity index (χ0) is 15.9. The van der Waals surface area contributed by atoms with Crippen molar-refractivity contribution in [3.63, 3.8) is 0 Å². The van der Waals surface area contributed by atoms with Crippen molar-refractivity contribution in [1.29, 1.82) is 0 Å². The zero-order valence-electron chi connectivity index (χ0n) is 14.0. The Morgan fingerprint density at radius 2 is 2.00 bits per heavy atom. The first-order chi connectivity index (χ1) is 10.5. The molecule has 0 amide bonds. The van der Waals surface area contributed by atoms with Gasteiger partial charge in [-0.1, -0.05) is 0 Å². The zero-order valence-corrected chi connectivity index (χ0v) is 14.0. The molecule has 0 saturated heterocycles. The van der Waals surface area contributed by atoms with Gasteiger partial charge in [0.1, 0.15) is 11.8 Å². The molecule has 1 aromatic carbocycles. The van der Waals surface area contributed by atoms with Crippen LogP contribution in [0.3, 0.4) is 0 Å². The first kappa shape index (κ1) is 14.9. The number of aryl methyl sites for hydroxylation is 1. The second-order valence-electron chi connectivity index (χ2n) is 6.26. The molecule has 4 heteroatoms. The van der Waals surface area contributed by atoms with Crippen LogP contribution in [0.5, 0.6) is 5.75 Å². The van der Waals surface area contributed by atoms with E-state index in [-0.39, 0.29) is 0 Å². The van der Waals surface area contributed by atoms with E-state index in [1.807, 2.05) is 12.3 Å². The number of hydrogen-bond donors (Lipinski definition) is 1. The van der Waals surface area contributed by atoms with E-state index in [0.717, 1.165) is 18.0 Å². The first-order valence-electron chi connectivity index (χ1n) is 7.74. The van der Waals surface area contributed by atoms with Crippen LogP contribution in [-0.2, 0) is 6.54 Å². The molecule has 0 fully saturated rings. The van der Waals surface area contributed by atoms with Gasteiger partial charge in [0.25, 0.3) is 0 Å². The molecule has 1 atom stereocenters. The summed E-state index contributed by atoms with van der Waals surface area (Å²) < 4.78 is 7.82. The summed E-state index contributed by atoms with van der Waals surface area (Å²) in [5, 5.41) is 2.54. The van der Waals surface area contributed by atoms with Gasteiger partial charge in [-0.15, -0.1) is 0 Å². The van der Waals surface area contributed by atoms with Crippen LogP contribution in [-0.4, -0.2) is 36.8 Å². The van der Waals surface area contributed by atoms with Crippen LogP contribution in [0.1, 0.15) is 12.6 Å². The monoisotopic (exact) mass is 298 g/mol. The van der Waals surface area contributed by atoms with E-state index in [0.29, 0.717) is 6.04 Å². The number of rotatable bonds is 4. The molecule has 0 spiro atoms. The molecule has 3 rings (SSSR count). The molecule has 0 saturated carbocycles. The molecule has 0 bridgehead atoms. The molecular weight excluding hydrogens is 274 g/mol. The Kier molecular flexibility index (Phi) is 3.79. The summed E-state index contributed by atoms with van der Waals surface area (Å²) in [6.45, 7) is 5.32. The third-order valence-electron chi connectivity index (χ3n) is 4.61. The Labute approximate surface area is 131 Å². The average Bonchev–Trinajstić information content (AvgIpc) is 2.82. The molecule has 2 heterocycles. The third-order valence-corrected chi connectivity index (χ3v) is 4.61. The standard InChI is InChI=1S/C18H23N3O/c1-12(20(3)4)11-21-17-10-14(22-5)6-7-15(17)16-8-9-19-13(2)18(16)21/h6-10,12H,11H2,1-5H3/p+1. The minimum absolute atomic E-state index is 0.518. The van der Waals surface area contributed by atoms with Crippen LogP contribution in [0, 0.1) is 6.92 Å². The largest absolute Gasteiger partial charge is 0.497 e. The van der Waals surface area contributed by atoms with Crippen LogP contribution in [0.4, 0.5) is 0 Å². The number of benzene rings is 1. The number of hydrogen-bond acceptors (Lipinski definition) is 2. The maximum Gasteiger partial charge on any atom is 0.120 e. The number of methoxy groups -OCH3 is 1. The fourth-order valence-electron chi connectivity index (χ4n) is 2.97. The summed E-state index contributed by atoms with van der Waals surface area (Å²) in [5.41, 5.74) is 3.53. The summed E-state index contributed by atoms with van der Waals surface area (Å²) in [7, 11) is 6.11. The SMILES string of the molecule is COc1ccc2c3ccnc(C)c3n(CC(C)[NH+](C)C)c2c1. The highest BCUT2D eigenvalue weighted by Crippen LogP contribution is 2.32. The molecule has 0 aliphatic rings. The normalized spacial score (nSPS) is 13.2. The Bertz CT molecular complexity index is 820. The van der Waals surface area contributed by atoms with Crippen molar-refractivity contribution < 1.29 is 9.64 Å².